The molecule has 1 heterocycles. The molecule has 0 aliphatic rings. The fraction of sp³-hybridized carbons (Fsp3) is 0.312. The molecule has 1 N–H and O–H groups in total. The van der Waals surface area contributed by atoms with Gasteiger partial charge < -0.3 is 5.11 Å². The largest absolute Gasteiger partial charge is 0.392 e. The van der Waals surface area contributed by atoms with Gasteiger partial charge in [-0.3, -0.25) is 4.98 Å². The van der Waals surface area contributed by atoms with Gasteiger partial charge in [0, 0.05) is 22.9 Å². The molecule has 2 aromatic rings. The first kappa shape index (κ1) is 12.8. The van der Waals surface area contributed by atoms with Crippen molar-refractivity contribution >= 4 is 0 Å². The van der Waals surface area contributed by atoms with Crippen LogP contribution in [0.3, 0.4) is 0 Å². The second kappa shape index (κ2) is 4.91. The summed E-state index contributed by atoms with van der Waals surface area (Å²) in [5.41, 5.74) is 4.17. The van der Waals surface area contributed by atoms with Gasteiger partial charge in [-0.05, 0) is 17.2 Å². The van der Waals surface area contributed by atoms with Crippen molar-refractivity contribution in [1.29, 1.82) is 0 Å². The van der Waals surface area contributed by atoms with Gasteiger partial charge in [0.1, 0.15) is 0 Å². The lowest BCUT2D eigenvalue weighted by Gasteiger charge is -2.18. The Bertz CT molecular complexity index is 524. The number of aliphatic hydroxyl groups excluding tert-OH is 1. The van der Waals surface area contributed by atoms with E-state index >= 15 is 0 Å². The summed E-state index contributed by atoms with van der Waals surface area (Å²) in [7, 11) is 0. The first-order valence-corrected chi connectivity index (χ1v) is 6.18. The zero-order chi connectivity index (χ0) is 13.2. The van der Waals surface area contributed by atoms with Crippen LogP contribution in [-0.4, -0.2) is 10.1 Å². The standard InChI is InChI=1S/C16H19NO/c1-16(2,3)15-9-8-12(10-17-15)14-7-5-4-6-13(14)11-18/h4-10,18H,11H2,1-3H3. The highest BCUT2D eigenvalue weighted by molar-refractivity contribution is 5.66. The Kier molecular flexibility index (Phi) is 3.48. The molecule has 0 aliphatic carbocycles. The normalized spacial score (nSPS) is 11.6. The number of aromatic nitrogens is 1. The van der Waals surface area contributed by atoms with Crippen molar-refractivity contribution in [2.45, 2.75) is 32.8 Å². The van der Waals surface area contributed by atoms with Gasteiger partial charge in [-0.1, -0.05) is 51.1 Å². The van der Waals surface area contributed by atoms with Crippen LogP contribution in [0.25, 0.3) is 11.1 Å². The molecular formula is C16H19NO. The molecule has 2 heteroatoms. The zero-order valence-electron chi connectivity index (χ0n) is 11.1. The summed E-state index contributed by atoms with van der Waals surface area (Å²) in [5.74, 6) is 0. The topological polar surface area (TPSA) is 33.1 Å². The van der Waals surface area contributed by atoms with E-state index in [2.05, 4.69) is 37.9 Å². The van der Waals surface area contributed by atoms with Gasteiger partial charge in [0.05, 0.1) is 6.61 Å². The summed E-state index contributed by atoms with van der Waals surface area (Å²) in [6.45, 7) is 6.50. The van der Waals surface area contributed by atoms with Crippen LogP contribution in [0, 0.1) is 0 Å². The van der Waals surface area contributed by atoms with Crippen LogP contribution < -0.4 is 0 Å². The Morgan fingerprint density at radius 3 is 2.33 bits per heavy atom. The average Bonchev–Trinajstić information content (AvgIpc) is 2.38. The van der Waals surface area contributed by atoms with E-state index in [4.69, 9.17) is 0 Å². The molecule has 0 fully saturated rings. The first-order chi connectivity index (χ1) is 8.52. The Balaban J connectivity index is 2.41. The van der Waals surface area contributed by atoms with Gasteiger partial charge >= 0.3 is 0 Å². The molecule has 0 aliphatic heterocycles. The van der Waals surface area contributed by atoms with Gasteiger partial charge in [0.15, 0.2) is 0 Å². The molecule has 94 valence electrons. The fourth-order valence-corrected chi connectivity index (χ4v) is 1.94. The lowest BCUT2D eigenvalue weighted by Crippen LogP contribution is -2.12. The molecule has 1 aromatic heterocycles. The summed E-state index contributed by atoms with van der Waals surface area (Å²) in [6.07, 6.45) is 1.88. The highest BCUT2D eigenvalue weighted by Crippen LogP contribution is 2.26. The van der Waals surface area contributed by atoms with E-state index in [0.29, 0.717) is 0 Å². The number of nitrogens with zero attached hydrogens (tertiary/aromatic N) is 1. The minimum Gasteiger partial charge on any atom is -0.392 e. The van der Waals surface area contributed by atoms with Crippen molar-refractivity contribution in [2.24, 2.45) is 0 Å². The molecule has 0 unspecified atom stereocenters. The molecule has 2 nitrogen and oxygen atoms in total. The van der Waals surface area contributed by atoms with E-state index in [9.17, 15) is 5.11 Å². The van der Waals surface area contributed by atoms with Crippen molar-refractivity contribution < 1.29 is 5.11 Å². The van der Waals surface area contributed by atoms with Crippen molar-refractivity contribution in [3.63, 3.8) is 0 Å². The predicted molar refractivity (Wildman–Crippen MR) is 74.3 cm³/mol. The van der Waals surface area contributed by atoms with E-state index in [1.165, 1.54) is 0 Å². The maximum atomic E-state index is 9.34. The molecule has 0 atom stereocenters. The molecule has 0 saturated heterocycles. The number of rotatable bonds is 2. The van der Waals surface area contributed by atoms with Crippen molar-refractivity contribution in [3.8, 4) is 11.1 Å². The number of aliphatic hydroxyl groups is 1. The van der Waals surface area contributed by atoms with E-state index < -0.39 is 0 Å². The molecule has 0 radical (unpaired) electrons. The van der Waals surface area contributed by atoms with Crippen LogP contribution in [0.2, 0.25) is 0 Å². The van der Waals surface area contributed by atoms with Gasteiger partial charge in [-0.25, -0.2) is 0 Å². The number of hydrogen-bond acceptors (Lipinski definition) is 2. The van der Waals surface area contributed by atoms with Crippen molar-refractivity contribution in [1.82, 2.24) is 4.98 Å². The fourth-order valence-electron chi connectivity index (χ4n) is 1.94. The number of hydrogen-bond donors (Lipinski definition) is 1. The highest BCUT2D eigenvalue weighted by Gasteiger charge is 2.15. The predicted octanol–water partition coefficient (Wildman–Crippen LogP) is 3.54. The molecule has 1 aromatic carbocycles. The van der Waals surface area contributed by atoms with E-state index in [-0.39, 0.29) is 12.0 Å². The van der Waals surface area contributed by atoms with Gasteiger partial charge in [0.2, 0.25) is 0 Å². The van der Waals surface area contributed by atoms with E-state index in [1.807, 2.05) is 30.5 Å². The second-order valence-corrected chi connectivity index (χ2v) is 5.50. The van der Waals surface area contributed by atoms with Gasteiger partial charge in [-0.2, -0.15) is 0 Å². The SMILES string of the molecule is CC(C)(C)c1ccc(-c2ccccc2CO)cn1. The van der Waals surface area contributed by atoms with Crippen LogP contribution in [0.1, 0.15) is 32.0 Å². The third-order valence-electron chi connectivity index (χ3n) is 3.03. The van der Waals surface area contributed by atoms with E-state index in [1.54, 1.807) is 0 Å². The first-order valence-electron chi connectivity index (χ1n) is 6.18. The van der Waals surface area contributed by atoms with E-state index in [0.717, 1.165) is 22.4 Å². The average molecular weight is 241 g/mol. The third kappa shape index (κ3) is 2.59. The summed E-state index contributed by atoms with van der Waals surface area (Å²) in [5, 5.41) is 9.34. The summed E-state index contributed by atoms with van der Waals surface area (Å²) in [6, 6.07) is 12.0. The lowest BCUT2D eigenvalue weighted by atomic mass is 9.91. The monoisotopic (exact) mass is 241 g/mol. The zero-order valence-corrected chi connectivity index (χ0v) is 11.1. The molecule has 0 bridgehead atoms. The minimum absolute atomic E-state index is 0.0528. The molecule has 0 saturated carbocycles. The van der Waals surface area contributed by atoms with Gasteiger partial charge in [-0.15, -0.1) is 0 Å². The third-order valence-corrected chi connectivity index (χ3v) is 3.03. The Morgan fingerprint density at radius 2 is 1.78 bits per heavy atom. The molecular weight excluding hydrogens is 222 g/mol. The van der Waals surface area contributed by atoms with Crippen LogP contribution in [-0.2, 0) is 12.0 Å². The summed E-state index contributed by atoms with van der Waals surface area (Å²) in [4.78, 5) is 4.52. The lowest BCUT2D eigenvalue weighted by molar-refractivity contribution is 0.282. The quantitative estimate of drug-likeness (QED) is 0.872. The molecule has 0 spiro atoms. The summed E-state index contributed by atoms with van der Waals surface area (Å²) >= 11 is 0. The Morgan fingerprint density at radius 1 is 1.06 bits per heavy atom. The Labute approximate surface area is 108 Å². The maximum absolute atomic E-state index is 9.34. The van der Waals surface area contributed by atoms with Crippen LogP contribution in [0.4, 0.5) is 0 Å². The molecule has 18 heavy (non-hydrogen) atoms. The van der Waals surface area contributed by atoms with Crippen molar-refractivity contribution in [3.05, 3.63) is 53.9 Å². The smallest absolute Gasteiger partial charge is 0.0687 e. The Hall–Kier alpha value is -1.67. The number of pyridine rings is 1. The van der Waals surface area contributed by atoms with Crippen molar-refractivity contribution in [2.75, 3.05) is 0 Å². The summed E-state index contributed by atoms with van der Waals surface area (Å²) < 4.78 is 0. The van der Waals surface area contributed by atoms with Crippen LogP contribution in [0.5, 0.6) is 0 Å². The highest BCUT2D eigenvalue weighted by atomic mass is 16.3. The van der Waals surface area contributed by atoms with Gasteiger partial charge in [0.25, 0.3) is 0 Å². The molecule has 0 amide bonds. The number of benzene rings is 1. The maximum Gasteiger partial charge on any atom is 0.0687 e. The van der Waals surface area contributed by atoms with Crippen LogP contribution in [0.15, 0.2) is 42.6 Å². The van der Waals surface area contributed by atoms with Crippen LogP contribution >= 0.6 is 0 Å². The second-order valence-electron chi connectivity index (χ2n) is 5.50. The minimum atomic E-state index is 0.0528. The molecule has 2 rings (SSSR count).